The van der Waals surface area contributed by atoms with Gasteiger partial charge in [-0.05, 0) is 54.6 Å². The third-order valence-corrected chi connectivity index (χ3v) is 5.02. The lowest BCUT2D eigenvalue weighted by molar-refractivity contribution is -0.120. The molecule has 0 saturated heterocycles. The normalized spacial score (nSPS) is 10.8. The highest BCUT2D eigenvalue weighted by atomic mass is 35.5. The number of methoxy groups -OCH3 is 1. The molecule has 0 fully saturated rings. The Kier molecular flexibility index (Phi) is 8.62. The number of rotatable bonds is 9. The molecule has 0 radical (unpaired) electrons. The minimum Gasteiger partial charge on any atom is -0.493 e. The summed E-state index contributed by atoms with van der Waals surface area (Å²) < 4.78 is 11.2. The van der Waals surface area contributed by atoms with Crippen LogP contribution in [-0.2, 0) is 16.2 Å². The van der Waals surface area contributed by atoms with Crippen LogP contribution in [-0.4, -0.2) is 25.8 Å². The molecule has 1 amide bonds. The van der Waals surface area contributed by atoms with Gasteiger partial charge in [0.05, 0.1) is 13.3 Å². The summed E-state index contributed by atoms with van der Waals surface area (Å²) in [6.45, 7) is 0.0188. The number of nitrogens with one attached hydrogen (secondary N) is 1. The first-order valence-electron chi connectivity index (χ1n) is 9.40. The Morgan fingerprint density at radius 3 is 2.44 bits per heavy atom. The van der Waals surface area contributed by atoms with Crippen molar-refractivity contribution in [1.29, 1.82) is 0 Å². The maximum Gasteiger partial charge on any atom is 0.265 e. The largest absolute Gasteiger partial charge is 0.493 e. The van der Waals surface area contributed by atoms with E-state index in [4.69, 9.17) is 49.1 Å². The standard InChI is InChI=1S/C23H19Cl3N2O4/c1-30-22-10-15(2-9-21(22)31-13-16-3-4-18(25)11-20(16)26)12-27-32-14-23(29)28-19-7-5-17(24)6-8-19/h2-12H,13-14H2,1H3,(H,28,29). The van der Waals surface area contributed by atoms with Gasteiger partial charge in [0, 0.05) is 31.9 Å². The molecule has 9 heteroatoms. The lowest BCUT2D eigenvalue weighted by Gasteiger charge is -2.12. The van der Waals surface area contributed by atoms with Gasteiger partial charge in [-0.15, -0.1) is 0 Å². The van der Waals surface area contributed by atoms with Crippen molar-refractivity contribution in [3.63, 3.8) is 0 Å². The number of halogens is 3. The number of hydrogen-bond donors (Lipinski definition) is 1. The quantitative estimate of drug-likeness (QED) is 0.284. The fourth-order valence-electron chi connectivity index (χ4n) is 2.60. The number of benzene rings is 3. The minimum absolute atomic E-state index is 0.237. The topological polar surface area (TPSA) is 69.2 Å². The second-order valence-electron chi connectivity index (χ2n) is 6.50. The summed E-state index contributed by atoms with van der Waals surface area (Å²) in [4.78, 5) is 17.0. The van der Waals surface area contributed by atoms with Crippen LogP contribution in [0.5, 0.6) is 11.5 Å². The van der Waals surface area contributed by atoms with Gasteiger partial charge in [-0.25, -0.2) is 0 Å². The molecular formula is C23H19Cl3N2O4. The van der Waals surface area contributed by atoms with Crippen molar-refractivity contribution >= 4 is 52.6 Å². The molecule has 0 aromatic heterocycles. The van der Waals surface area contributed by atoms with E-state index in [-0.39, 0.29) is 19.1 Å². The zero-order valence-electron chi connectivity index (χ0n) is 17.0. The molecule has 3 aromatic carbocycles. The molecule has 0 unspecified atom stereocenters. The SMILES string of the molecule is COc1cc(C=NOCC(=O)Nc2ccc(Cl)cc2)ccc1OCc1ccc(Cl)cc1Cl. The molecule has 0 bridgehead atoms. The molecular weight excluding hydrogens is 475 g/mol. The van der Waals surface area contributed by atoms with Crippen LogP contribution in [0.3, 0.4) is 0 Å². The lowest BCUT2D eigenvalue weighted by Crippen LogP contribution is -2.16. The first-order chi connectivity index (χ1) is 15.4. The minimum atomic E-state index is -0.341. The Hall–Kier alpha value is -2.93. The smallest absolute Gasteiger partial charge is 0.265 e. The second-order valence-corrected chi connectivity index (χ2v) is 7.78. The first-order valence-corrected chi connectivity index (χ1v) is 10.5. The molecule has 0 heterocycles. The van der Waals surface area contributed by atoms with Crippen LogP contribution < -0.4 is 14.8 Å². The molecule has 0 aliphatic heterocycles. The predicted octanol–water partition coefficient (Wildman–Crippen LogP) is 6.22. The number of amides is 1. The molecule has 6 nitrogen and oxygen atoms in total. The number of hydrogen-bond acceptors (Lipinski definition) is 5. The zero-order valence-corrected chi connectivity index (χ0v) is 19.2. The van der Waals surface area contributed by atoms with Crippen molar-refractivity contribution in [2.45, 2.75) is 6.61 Å². The summed E-state index contributed by atoms with van der Waals surface area (Å²) in [6, 6.07) is 17.2. The van der Waals surface area contributed by atoms with Gasteiger partial charge in [-0.1, -0.05) is 46.0 Å². The van der Waals surface area contributed by atoms with Gasteiger partial charge < -0.3 is 19.6 Å². The van der Waals surface area contributed by atoms with Crippen LogP contribution in [0.2, 0.25) is 15.1 Å². The van der Waals surface area contributed by atoms with Gasteiger partial charge in [-0.2, -0.15) is 0 Å². The molecule has 3 aromatic rings. The van der Waals surface area contributed by atoms with Crippen LogP contribution in [0.1, 0.15) is 11.1 Å². The van der Waals surface area contributed by atoms with E-state index in [0.29, 0.717) is 37.8 Å². The molecule has 0 aliphatic carbocycles. The Labute approximate surface area is 200 Å². The number of oxime groups is 1. The third kappa shape index (κ3) is 7.05. The van der Waals surface area contributed by atoms with Crippen LogP contribution in [0, 0.1) is 0 Å². The molecule has 32 heavy (non-hydrogen) atoms. The van der Waals surface area contributed by atoms with Gasteiger partial charge in [0.25, 0.3) is 5.91 Å². The lowest BCUT2D eigenvalue weighted by atomic mass is 10.2. The molecule has 0 aliphatic rings. The van der Waals surface area contributed by atoms with Gasteiger partial charge >= 0.3 is 0 Å². The highest BCUT2D eigenvalue weighted by molar-refractivity contribution is 6.35. The third-order valence-electron chi connectivity index (χ3n) is 4.19. The van der Waals surface area contributed by atoms with E-state index in [1.54, 1.807) is 60.7 Å². The zero-order chi connectivity index (χ0) is 22.9. The van der Waals surface area contributed by atoms with Crippen LogP contribution in [0.4, 0.5) is 5.69 Å². The maximum atomic E-state index is 11.9. The fraction of sp³-hybridized carbons (Fsp3) is 0.130. The van der Waals surface area contributed by atoms with Crippen molar-refractivity contribution in [3.8, 4) is 11.5 Å². The van der Waals surface area contributed by atoms with Gasteiger partial charge in [-0.3, -0.25) is 4.79 Å². The average molecular weight is 494 g/mol. The summed E-state index contributed by atoms with van der Waals surface area (Å²) in [5.74, 6) is 0.713. The summed E-state index contributed by atoms with van der Waals surface area (Å²) >= 11 is 17.9. The molecule has 0 atom stereocenters. The maximum absolute atomic E-state index is 11.9. The van der Waals surface area contributed by atoms with Crippen LogP contribution in [0.15, 0.2) is 65.8 Å². The highest BCUT2D eigenvalue weighted by Gasteiger charge is 2.08. The van der Waals surface area contributed by atoms with Crippen molar-refractivity contribution in [1.82, 2.24) is 0 Å². The van der Waals surface area contributed by atoms with E-state index in [1.807, 2.05) is 0 Å². The van der Waals surface area contributed by atoms with E-state index in [1.165, 1.54) is 13.3 Å². The number of nitrogens with zero attached hydrogens (tertiary/aromatic N) is 1. The van der Waals surface area contributed by atoms with E-state index < -0.39 is 0 Å². The molecule has 0 spiro atoms. The number of anilines is 1. The monoisotopic (exact) mass is 492 g/mol. The summed E-state index contributed by atoms with van der Waals surface area (Å²) in [5, 5.41) is 8.17. The first kappa shape index (κ1) is 23.7. The van der Waals surface area contributed by atoms with Gasteiger partial charge in [0.1, 0.15) is 6.61 Å². The molecule has 3 rings (SSSR count). The van der Waals surface area contributed by atoms with Crippen molar-refractivity contribution in [3.05, 3.63) is 86.9 Å². The van der Waals surface area contributed by atoms with Crippen LogP contribution in [0.25, 0.3) is 0 Å². The molecule has 0 saturated carbocycles. The Morgan fingerprint density at radius 1 is 0.969 bits per heavy atom. The molecule has 1 N–H and O–H groups in total. The van der Waals surface area contributed by atoms with Crippen LogP contribution >= 0.6 is 34.8 Å². The van der Waals surface area contributed by atoms with Gasteiger partial charge in [0.15, 0.2) is 18.1 Å². The van der Waals surface area contributed by atoms with Crippen molar-refractivity contribution in [2.24, 2.45) is 5.16 Å². The number of carbonyl (C=O) groups is 1. The van der Waals surface area contributed by atoms with Crippen molar-refractivity contribution in [2.75, 3.05) is 19.0 Å². The van der Waals surface area contributed by atoms with E-state index >= 15 is 0 Å². The summed E-state index contributed by atoms with van der Waals surface area (Å²) in [7, 11) is 1.54. The highest BCUT2D eigenvalue weighted by Crippen LogP contribution is 2.29. The second kappa shape index (κ2) is 11.6. The Morgan fingerprint density at radius 2 is 1.72 bits per heavy atom. The average Bonchev–Trinajstić information content (AvgIpc) is 2.78. The van der Waals surface area contributed by atoms with E-state index in [9.17, 15) is 4.79 Å². The van der Waals surface area contributed by atoms with Crippen molar-refractivity contribution < 1.29 is 19.1 Å². The Balaban J connectivity index is 1.52. The summed E-state index contributed by atoms with van der Waals surface area (Å²) in [5.41, 5.74) is 2.12. The predicted molar refractivity (Wildman–Crippen MR) is 127 cm³/mol. The van der Waals surface area contributed by atoms with Gasteiger partial charge in [0.2, 0.25) is 0 Å². The fourth-order valence-corrected chi connectivity index (χ4v) is 3.19. The molecule has 166 valence electrons. The summed E-state index contributed by atoms with van der Waals surface area (Å²) in [6.07, 6.45) is 1.47. The Bertz CT molecular complexity index is 1100. The number of carbonyl (C=O) groups excluding carboxylic acids is 1. The number of ether oxygens (including phenoxy) is 2. The van der Waals surface area contributed by atoms with E-state index in [2.05, 4.69) is 10.5 Å². The van der Waals surface area contributed by atoms with E-state index in [0.717, 1.165) is 5.56 Å².